The first kappa shape index (κ1) is 89.4. The number of aliphatic hydroxyl groups excluding tert-OH is 3. The molecule has 648 valence electrons. The Balaban J connectivity index is 0.905. The summed E-state index contributed by atoms with van der Waals surface area (Å²) in [5.41, 5.74) is 7.46. The molecule has 4 N–H and O–H groups in total. The molecule has 0 aliphatic carbocycles. The third-order valence-corrected chi connectivity index (χ3v) is 22.2. The molecule has 14 rings (SSSR count). The Hall–Kier alpha value is -8.92. The molecule has 5 aliphatic heterocycles. The number of rotatable bonds is 39. The Bertz CT molecular complexity index is 4510. The van der Waals surface area contributed by atoms with Gasteiger partial charge < -0.3 is 111 Å². The second kappa shape index (κ2) is 45.1. The zero-order chi connectivity index (χ0) is 84.5. The lowest BCUT2D eigenvalue weighted by atomic mass is 9.94. The van der Waals surface area contributed by atoms with E-state index in [0.717, 1.165) is 50.1 Å². The van der Waals surface area contributed by atoms with Gasteiger partial charge in [0.1, 0.15) is 97.6 Å². The maximum atomic E-state index is 14.4. The van der Waals surface area contributed by atoms with Gasteiger partial charge in [-0.05, 0) is 70.8 Å². The van der Waals surface area contributed by atoms with Crippen LogP contribution in [-0.4, -0.2) is 194 Å². The topological polar surface area (TPSA) is 282 Å². The third-order valence-electron chi connectivity index (χ3n) is 22.2. The maximum absolute atomic E-state index is 14.4. The molecule has 25 atom stereocenters. The van der Waals surface area contributed by atoms with E-state index in [1.165, 1.54) is 13.8 Å². The predicted octanol–water partition coefficient (Wildman–Crippen LogP) is 11.9. The lowest BCUT2D eigenvalue weighted by Gasteiger charge is -2.53. The van der Waals surface area contributed by atoms with Crippen LogP contribution in [0.1, 0.15) is 84.7 Å². The molecule has 5 saturated heterocycles. The monoisotopic (exact) mass is 1670 g/mol. The smallest absolute Gasteiger partial charge is 0.303 e. The molecule has 5 heterocycles. The van der Waals surface area contributed by atoms with Crippen LogP contribution < -0.4 is 5.32 Å². The zero-order valence-electron chi connectivity index (χ0n) is 69.1. The molecule has 122 heavy (non-hydrogen) atoms. The number of benzene rings is 9. The van der Waals surface area contributed by atoms with Crippen molar-refractivity contribution < 1.29 is 115 Å². The average molecular weight is 1670 g/mol. The fourth-order valence-electron chi connectivity index (χ4n) is 16.0. The van der Waals surface area contributed by atoms with Gasteiger partial charge in [-0.2, -0.15) is 0 Å². The van der Waals surface area contributed by atoms with E-state index >= 15 is 0 Å². The van der Waals surface area contributed by atoms with Crippen molar-refractivity contribution in [1.29, 1.82) is 0 Å². The molecule has 0 unspecified atom stereocenters. The van der Waals surface area contributed by atoms with Gasteiger partial charge in [0.25, 0.3) is 0 Å². The minimum Gasteiger partial charge on any atom is -0.454 e. The van der Waals surface area contributed by atoms with Crippen LogP contribution in [0.15, 0.2) is 273 Å². The third kappa shape index (κ3) is 24.4. The summed E-state index contributed by atoms with van der Waals surface area (Å²) < 4.78 is 134. The number of nitrogens with one attached hydrogen (secondary N) is 1. The Kier molecular flexibility index (Phi) is 33.0. The van der Waals surface area contributed by atoms with Crippen LogP contribution in [0, 0.1) is 0 Å². The highest BCUT2D eigenvalue weighted by atomic mass is 16.8. The summed E-state index contributed by atoms with van der Waals surface area (Å²) in [7, 11) is 0. The molecule has 9 aromatic carbocycles. The molecule has 5 fully saturated rings. The standard InChI is InChI=1S/C97H111NO24/c1-62-80(105-53-68-35-17-7-18-36-68)85(109-57-72-43-25-11-26-44-72)89(93(103)113-62)121-97-92(122-94-78(98-65(4)100)84(79(102)76(51-99)117-94)119-96-91(116-66(5)101)86(110-58-73-45-27-12-28-46-73)81(63(2)114-96)106-54-69-37-19-8-20-38-69)88(82(64(3)115-97)107-55-70-39-21-9-22-40-70)120-95-90(112-60-75-49-31-14-32-50-75)87(111-59-74-47-29-13-30-48-74)83(108-56-71-41-23-10-24-42-71)77(118-95)61-104-52-67-33-15-6-16-34-67/h6-50,62-64,76-97,99,102-103H,51-61H2,1-5H3,(H,98,100)/t62-,63-,64-,76+,77+,78+,79+,80-,81-,82-,83+,84+,85+,86+,87-,88+,89+,90+,91+,92+,93+,94-,95+,96-,97-/m0/s1. The molecule has 0 aromatic heterocycles. The second-order valence-corrected chi connectivity index (χ2v) is 31.2. The Labute approximate surface area is 712 Å². The summed E-state index contributed by atoms with van der Waals surface area (Å²) in [4.78, 5) is 28.1. The number of carbonyl (C=O) groups is 2. The van der Waals surface area contributed by atoms with Crippen molar-refractivity contribution in [3.8, 4) is 0 Å². The zero-order valence-corrected chi connectivity index (χ0v) is 69.1. The molecule has 0 saturated carbocycles. The van der Waals surface area contributed by atoms with Gasteiger partial charge in [0, 0.05) is 13.8 Å². The molecule has 0 radical (unpaired) electrons. The summed E-state index contributed by atoms with van der Waals surface area (Å²) >= 11 is 0. The Morgan fingerprint density at radius 3 is 0.967 bits per heavy atom. The van der Waals surface area contributed by atoms with Gasteiger partial charge in [0.05, 0.1) is 91.0 Å². The van der Waals surface area contributed by atoms with Crippen molar-refractivity contribution in [3.05, 3.63) is 323 Å². The lowest BCUT2D eigenvalue weighted by Crippen LogP contribution is -2.71. The fourth-order valence-corrected chi connectivity index (χ4v) is 16.0. The summed E-state index contributed by atoms with van der Waals surface area (Å²) in [6.45, 7) is 7.49. The summed E-state index contributed by atoms with van der Waals surface area (Å²) in [6, 6.07) is 84.8. The van der Waals surface area contributed by atoms with Gasteiger partial charge in [-0.3, -0.25) is 9.59 Å². The van der Waals surface area contributed by atoms with Crippen LogP contribution in [0.3, 0.4) is 0 Å². The predicted molar refractivity (Wildman–Crippen MR) is 445 cm³/mol. The van der Waals surface area contributed by atoms with E-state index < -0.39 is 172 Å². The number of carbonyl (C=O) groups excluding carboxylic acids is 2. The molecule has 1 amide bonds. The quantitative estimate of drug-likeness (QED) is 0.0260. The van der Waals surface area contributed by atoms with E-state index in [1.807, 2.05) is 273 Å². The van der Waals surface area contributed by atoms with Gasteiger partial charge >= 0.3 is 5.97 Å². The number of aliphatic hydroxyl groups is 3. The number of amides is 1. The average Bonchev–Trinajstić information content (AvgIpc) is 0.755. The highest BCUT2D eigenvalue weighted by molar-refractivity contribution is 5.73. The summed E-state index contributed by atoms with van der Waals surface area (Å²) in [5.74, 6) is -1.39. The highest BCUT2D eigenvalue weighted by Gasteiger charge is 2.60. The summed E-state index contributed by atoms with van der Waals surface area (Å²) in [5, 5.41) is 40.4. The van der Waals surface area contributed by atoms with Crippen molar-refractivity contribution in [2.45, 2.75) is 248 Å². The van der Waals surface area contributed by atoms with Gasteiger partial charge in [0.15, 0.2) is 37.6 Å². The highest BCUT2D eigenvalue weighted by Crippen LogP contribution is 2.42. The van der Waals surface area contributed by atoms with Gasteiger partial charge in [-0.15, -0.1) is 0 Å². The SMILES string of the molecule is CC(=O)N[C@H]1[C@H](O[C@H]2[C@H](O[C@@H]3[C@H](OCc4ccccc4)[C@@H](OCc4ccccc4)[C@H](C)O[C@H]3O)O[C@@H](C)[C@H](OCc3ccccc3)[C@H]2O[C@H]2O[C@H](COCc3ccccc3)[C@@H](OCc3ccccc3)[C@H](OCc3ccccc3)[C@H]2OCc2ccccc2)O[C@H](CO)[C@@H](O)[C@@H]1O[C@@H]1O[C@@H](C)[C@H](OCc2ccccc2)[C@@H](OCc2ccccc2)[C@H]1OC(C)=O. The first-order valence-electron chi connectivity index (χ1n) is 41.8. The van der Waals surface area contributed by atoms with Crippen molar-refractivity contribution in [2.24, 2.45) is 0 Å². The van der Waals surface area contributed by atoms with Crippen molar-refractivity contribution >= 4 is 11.9 Å². The summed E-state index contributed by atoms with van der Waals surface area (Å²) in [6.07, 6.45) is -32.0. The van der Waals surface area contributed by atoms with Crippen molar-refractivity contribution in [2.75, 3.05) is 13.2 Å². The van der Waals surface area contributed by atoms with Crippen LogP contribution in [0.25, 0.3) is 0 Å². The number of esters is 1. The Morgan fingerprint density at radius 2 is 0.590 bits per heavy atom. The van der Waals surface area contributed by atoms with Gasteiger partial charge in [0.2, 0.25) is 5.91 Å². The first-order valence-corrected chi connectivity index (χ1v) is 41.8. The van der Waals surface area contributed by atoms with E-state index in [1.54, 1.807) is 20.8 Å². The maximum Gasteiger partial charge on any atom is 0.303 e. The normalized spacial score (nSPS) is 30.4. The minimum atomic E-state index is -1.84. The molecule has 25 nitrogen and oxygen atoms in total. The minimum absolute atomic E-state index is 0.00376. The van der Waals surface area contributed by atoms with Crippen LogP contribution in [0.2, 0.25) is 0 Å². The van der Waals surface area contributed by atoms with Crippen LogP contribution in [-0.2, 0) is 159 Å². The van der Waals surface area contributed by atoms with E-state index in [2.05, 4.69) is 5.32 Å². The van der Waals surface area contributed by atoms with E-state index in [9.17, 15) is 24.9 Å². The molecule has 5 aliphatic rings. The van der Waals surface area contributed by atoms with E-state index in [0.29, 0.717) is 0 Å². The Morgan fingerprint density at radius 1 is 0.303 bits per heavy atom. The van der Waals surface area contributed by atoms with Crippen molar-refractivity contribution in [1.82, 2.24) is 5.32 Å². The number of ether oxygens (including phenoxy) is 19. The van der Waals surface area contributed by atoms with Crippen LogP contribution in [0.5, 0.6) is 0 Å². The second-order valence-electron chi connectivity index (χ2n) is 31.2. The van der Waals surface area contributed by atoms with E-state index in [-0.39, 0.29) is 66.1 Å². The largest absolute Gasteiger partial charge is 0.454 e. The van der Waals surface area contributed by atoms with Crippen LogP contribution in [0.4, 0.5) is 0 Å². The number of hydrogen-bond donors (Lipinski definition) is 4. The van der Waals surface area contributed by atoms with Crippen LogP contribution >= 0.6 is 0 Å². The van der Waals surface area contributed by atoms with E-state index in [4.69, 9.17) is 90.0 Å². The molecule has 9 aromatic rings. The van der Waals surface area contributed by atoms with Crippen molar-refractivity contribution in [3.63, 3.8) is 0 Å². The van der Waals surface area contributed by atoms with Gasteiger partial charge in [-0.25, -0.2) is 0 Å². The first-order chi connectivity index (χ1) is 59.7. The molecule has 25 heteroatoms. The van der Waals surface area contributed by atoms with Gasteiger partial charge in [-0.1, -0.05) is 273 Å². The molecule has 0 bridgehead atoms. The molecular formula is C97H111NO24. The lowest BCUT2D eigenvalue weighted by molar-refractivity contribution is -0.410. The molecular weight excluding hydrogens is 1560 g/mol. The fraction of sp³-hybridized carbons (Fsp3) is 0.423. The number of hydrogen-bond acceptors (Lipinski definition) is 24. The molecule has 0 spiro atoms.